The second-order valence-electron chi connectivity index (χ2n) is 4.24. The average Bonchev–Trinajstić information content (AvgIpc) is 3.05. The van der Waals surface area contributed by atoms with Gasteiger partial charge in [-0.15, -0.1) is 0 Å². The van der Waals surface area contributed by atoms with Crippen molar-refractivity contribution in [3.8, 4) is 5.75 Å². The number of carbonyl (C=O) groups excluding carboxylic acids is 1. The summed E-state index contributed by atoms with van der Waals surface area (Å²) in [4.78, 5) is 22.2. The molecule has 21 heavy (non-hydrogen) atoms. The number of furan rings is 1. The molecular weight excluding hydrogens is 296 g/mol. The van der Waals surface area contributed by atoms with Crippen molar-refractivity contribution >= 4 is 34.4 Å². The van der Waals surface area contributed by atoms with Crippen LogP contribution in [0, 0.1) is 0 Å². The average molecular weight is 307 g/mol. The van der Waals surface area contributed by atoms with E-state index in [0.29, 0.717) is 29.1 Å². The zero-order chi connectivity index (χ0) is 14.8. The molecule has 0 radical (unpaired) electrons. The molecule has 0 aliphatic heterocycles. The van der Waals surface area contributed by atoms with Crippen molar-refractivity contribution in [2.75, 3.05) is 5.32 Å². The minimum absolute atomic E-state index is 0.0840. The maximum Gasteiger partial charge on any atom is 0.308 e. The number of aromatic nitrogens is 3. The normalized spacial score (nSPS) is 10.8. The first kappa shape index (κ1) is 13.4. The van der Waals surface area contributed by atoms with Crippen molar-refractivity contribution in [2.24, 2.45) is 0 Å². The summed E-state index contributed by atoms with van der Waals surface area (Å²) in [7, 11) is 0. The maximum absolute atomic E-state index is 11.1. The van der Waals surface area contributed by atoms with Gasteiger partial charge in [-0.1, -0.05) is 0 Å². The van der Waals surface area contributed by atoms with E-state index in [1.54, 1.807) is 12.3 Å². The van der Waals surface area contributed by atoms with Gasteiger partial charge in [-0.05, 0) is 23.7 Å². The predicted octanol–water partition coefficient (Wildman–Crippen LogP) is 2.74. The first-order valence-corrected chi connectivity index (χ1v) is 6.50. The maximum atomic E-state index is 11.1. The van der Waals surface area contributed by atoms with Crippen LogP contribution in [0.4, 0.5) is 5.82 Å². The van der Waals surface area contributed by atoms with E-state index in [2.05, 4.69) is 20.3 Å². The monoisotopic (exact) mass is 306 g/mol. The van der Waals surface area contributed by atoms with E-state index in [4.69, 9.17) is 20.8 Å². The van der Waals surface area contributed by atoms with Crippen LogP contribution in [0.15, 0.2) is 29.0 Å². The highest BCUT2D eigenvalue weighted by Crippen LogP contribution is 2.31. The van der Waals surface area contributed by atoms with E-state index in [1.165, 1.54) is 13.1 Å². The van der Waals surface area contributed by atoms with Gasteiger partial charge in [0.25, 0.3) is 0 Å². The number of aromatic amines is 1. The van der Waals surface area contributed by atoms with E-state index < -0.39 is 5.97 Å². The third-order valence-electron chi connectivity index (χ3n) is 2.73. The van der Waals surface area contributed by atoms with Gasteiger partial charge in [-0.3, -0.25) is 4.79 Å². The fourth-order valence-electron chi connectivity index (χ4n) is 1.92. The Bertz CT molecular complexity index is 782. The van der Waals surface area contributed by atoms with Gasteiger partial charge in [0.05, 0.1) is 12.8 Å². The zero-order valence-corrected chi connectivity index (χ0v) is 11.8. The van der Waals surface area contributed by atoms with Gasteiger partial charge in [0.15, 0.2) is 5.75 Å². The number of rotatable bonds is 4. The Hall–Kier alpha value is -2.54. The molecule has 0 saturated heterocycles. The molecule has 0 aliphatic rings. The molecule has 3 aromatic heterocycles. The summed E-state index contributed by atoms with van der Waals surface area (Å²) < 4.78 is 10.4. The van der Waals surface area contributed by atoms with Gasteiger partial charge in [-0.2, -0.15) is 9.97 Å². The van der Waals surface area contributed by atoms with Crippen LogP contribution in [0.2, 0.25) is 5.28 Å². The summed E-state index contributed by atoms with van der Waals surface area (Å²) in [5.74, 6) is 1.11. The largest absolute Gasteiger partial charge is 0.467 e. The molecule has 0 atom stereocenters. The molecule has 108 valence electrons. The van der Waals surface area contributed by atoms with Crippen molar-refractivity contribution in [1.29, 1.82) is 0 Å². The number of hydrogen-bond acceptors (Lipinski definition) is 6. The number of hydrogen-bond donors (Lipinski definition) is 2. The van der Waals surface area contributed by atoms with Gasteiger partial charge in [-0.25, -0.2) is 0 Å². The predicted molar refractivity (Wildman–Crippen MR) is 76.2 cm³/mol. The number of nitrogens with zero attached hydrogens (tertiary/aromatic N) is 2. The van der Waals surface area contributed by atoms with Gasteiger partial charge < -0.3 is 19.5 Å². The Labute approximate surface area is 124 Å². The lowest BCUT2D eigenvalue weighted by Crippen LogP contribution is -2.04. The number of anilines is 1. The molecule has 0 amide bonds. The van der Waals surface area contributed by atoms with Gasteiger partial charge >= 0.3 is 5.97 Å². The molecule has 8 heteroatoms. The Morgan fingerprint density at radius 3 is 3.10 bits per heavy atom. The van der Waals surface area contributed by atoms with Crippen LogP contribution >= 0.6 is 11.6 Å². The van der Waals surface area contributed by atoms with E-state index in [0.717, 1.165) is 5.76 Å². The SMILES string of the molecule is CC(=O)Oc1c[nH]c2nc(Cl)nc(NCc3ccco3)c12. The number of fused-ring (bicyclic) bond motifs is 1. The standard InChI is InChI=1S/C13H11ClN4O3/c1-7(19)21-9-6-16-12-10(9)11(17-13(14)18-12)15-5-8-3-2-4-20-8/h2-4,6H,5H2,1H3,(H2,15,16,17,18). The van der Waals surface area contributed by atoms with Gasteiger partial charge in [0, 0.05) is 13.1 Å². The summed E-state index contributed by atoms with van der Waals surface area (Å²) in [6.07, 6.45) is 3.12. The number of ether oxygens (including phenoxy) is 1. The Balaban J connectivity index is 1.98. The minimum atomic E-state index is -0.428. The third kappa shape index (κ3) is 2.82. The molecule has 0 fully saturated rings. The molecular formula is C13H11ClN4O3. The highest BCUT2D eigenvalue weighted by molar-refractivity contribution is 6.28. The highest BCUT2D eigenvalue weighted by atomic mass is 35.5. The van der Waals surface area contributed by atoms with Gasteiger partial charge in [0.1, 0.15) is 22.6 Å². The summed E-state index contributed by atoms with van der Waals surface area (Å²) in [5.41, 5.74) is 0.480. The summed E-state index contributed by atoms with van der Waals surface area (Å²) in [5, 5.41) is 3.73. The first-order chi connectivity index (χ1) is 10.1. The summed E-state index contributed by atoms with van der Waals surface area (Å²) >= 11 is 5.89. The molecule has 7 nitrogen and oxygen atoms in total. The summed E-state index contributed by atoms with van der Waals surface area (Å²) in [6.45, 7) is 1.74. The molecule has 0 bridgehead atoms. The van der Waals surface area contributed by atoms with Crippen LogP contribution in [0.3, 0.4) is 0 Å². The molecule has 0 aromatic carbocycles. The van der Waals surface area contributed by atoms with Crippen molar-refractivity contribution < 1.29 is 13.9 Å². The van der Waals surface area contributed by atoms with Crippen LogP contribution < -0.4 is 10.1 Å². The molecule has 0 saturated carbocycles. The highest BCUT2D eigenvalue weighted by Gasteiger charge is 2.15. The molecule has 3 heterocycles. The topological polar surface area (TPSA) is 93.0 Å². The second kappa shape index (κ2) is 5.45. The van der Waals surface area contributed by atoms with Crippen molar-refractivity contribution in [3.05, 3.63) is 35.6 Å². The molecule has 3 rings (SSSR count). The number of nitrogens with one attached hydrogen (secondary N) is 2. The number of H-pyrrole nitrogens is 1. The Morgan fingerprint density at radius 2 is 2.38 bits per heavy atom. The molecule has 2 N–H and O–H groups in total. The van der Waals surface area contributed by atoms with E-state index >= 15 is 0 Å². The number of carbonyl (C=O) groups is 1. The molecule has 0 unspecified atom stereocenters. The fraction of sp³-hybridized carbons (Fsp3) is 0.154. The minimum Gasteiger partial charge on any atom is -0.467 e. The Kier molecular flexibility index (Phi) is 3.49. The van der Waals surface area contributed by atoms with Crippen LogP contribution in [-0.2, 0) is 11.3 Å². The lowest BCUT2D eigenvalue weighted by atomic mass is 10.3. The lowest BCUT2D eigenvalue weighted by Gasteiger charge is -2.07. The van der Waals surface area contributed by atoms with Gasteiger partial charge in [0.2, 0.25) is 5.28 Å². The Morgan fingerprint density at radius 1 is 1.52 bits per heavy atom. The van der Waals surface area contributed by atoms with Crippen LogP contribution in [0.25, 0.3) is 11.0 Å². The van der Waals surface area contributed by atoms with E-state index in [1.807, 2.05) is 6.07 Å². The van der Waals surface area contributed by atoms with E-state index in [-0.39, 0.29) is 5.28 Å². The van der Waals surface area contributed by atoms with Crippen LogP contribution in [-0.4, -0.2) is 20.9 Å². The summed E-state index contributed by atoms with van der Waals surface area (Å²) in [6, 6.07) is 3.62. The smallest absolute Gasteiger partial charge is 0.308 e. The quantitative estimate of drug-likeness (QED) is 0.568. The van der Waals surface area contributed by atoms with Crippen molar-refractivity contribution in [3.63, 3.8) is 0 Å². The lowest BCUT2D eigenvalue weighted by molar-refractivity contribution is -0.131. The van der Waals surface area contributed by atoms with Crippen molar-refractivity contribution in [2.45, 2.75) is 13.5 Å². The first-order valence-electron chi connectivity index (χ1n) is 6.13. The number of halogens is 1. The fourth-order valence-corrected chi connectivity index (χ4v) is 2.09. The van der Waals surface area contributed by atoms with Crippen molar-refractivity contribution in [1.82, 2.24) is 15.0 Å². The second-order valence-corrected chi connectivity index (χ2v) is 4.58. The van der Waals surface area contributed by atoms with Crippen LogP contribution in [0.1, 0.15) is 12.7 Å². The third-order valence-corrected chi connectivity index (χ3v) is 2.90. The van der Waals surface area contributed by atoms with Crippen LogP contribution in [0.5, 0.6) is 5.75 Å². The molecule has 0 spiro atoms. The number of esters is 1. The van der Waals surface area contributed by atoms with E-state index in [9.17, 15) is 4.79 Å². The molecule has 3 aromatic rings. The zero-order valence-electron chi connectivity index (χ0n) is 11.0. The molecule has 0 aliphatic carbocycles.